The zero-order valence-corrected chi connectivity index (χ0v) is 16.9. The van der Waals surface area contributed by atoms with Crippen LogP contribution >= 0.6 is 0 Å². The maximum atomic E-state index is 14.0. The van der Waals surface area contributed by atoms with E-state index in [0.717, 1.165) is 0 Å². The van der Waals surface area contributed by atoms with Crippen LogP contribution in [-0.4, -0.2) is 74.7 Å². The Balaban J connectivity index is 0.00000256. The van der Waals surface area contributed by atoms with Crippen LogP contribution in [0.1, 0.15) is 23.2 Å². The van der Waals surface area contributed by atoms with Crippen LogP contribution < -0.4 is 9.47 Å². The minimum atomic E-state index is -4.74. The molecule has 0 amide bonds. The lowest BCUT2D eigenvalue weighted by atomic mass is 9.82. The molecule has 5 atom stereocenters. The molecule has 0 unspecified atom stereocenters. The van der Waals surface area contributed by atoms with E-state index >= 15 is 0 Å². The topological polar surface area (TPSA) is 171 Å². The summed E-state index contributed by atoms with van der Waals surface area (Å²) in [6.45, 7) is -0.613. The second kappa shape index (κ2) is 10.9. The number of nitrogens with zero attached hydrogens (tertiary/aromatic N) is 1. The van der Waals surface area contributed by atoms with Crippen LogP contribution in [0, 0.1) is 5.92 Å². The smallest absolute Gasteiger partial charge is 0.433 e. The summed E-state index contributed by atoms with van der Waals surface area (Å²) in [5, 5.41) is 34.8. The lowest BCUT2D eigenvalue weighted by molar-refractivity contribution is -0.142. The van der Waals surface area contributed by atoms with Crippen molar-refractivity contribution in [2.24, 2.45) is 5.92 Å². The van der Waals surface area contributed by atoms with Crippen molar-refractivity contribution in [3.63, 3.8) is 0 Å². The third-order valence-corrected chi connectivity index (χ3v) is 5.19. The molecule has 1 saturated carbocycles. The summed E-state index contributed by atoms with van der Waals surface area (Å²) >= 11 is 0. The van der Waals surface area contributed by atoms with Gasteiger partial charge in [-0.05, 0) is 24.1 Å². The first-order valence-electron chi connectivity index (χ1n) is 9.20. The second-order valence-corrected chi connectivity index (χ2v) is 7.17. The van der Waals surface area contributed by atoms with Gasteiger partial charge in [0.2, 0.25) is 5.88 Å². The van der Waals surface area contributed by atoms with Crippen LogP contribution in [-0.2, 0) is 12.6 Å². The first-order chi connectivity index (χ1) is 14.2. The summed E-state index contributed by atoms with van der Waals surface area (Å²) in [5.41, 5.74) is -0.882. The van der Waals surface area contributed by atoms with E-state index in [4.69, 9.17) is 9.47 Å². The number of methoxy groups -OCH3 is 1. The summed E-state index contributed by atoms with van der Waals surface area (Å²) in [6.07, 6.45) is -11.8. The normalized spacial score (nSPS) is 25.4. The number of benzene rings is 1. The molecule has 1 aromatic carbocycles. The van der Waals surface area contributed by atoms with Gasteiger partial charge in [-0.1, -0.05) is 12.1 Å². The summed E-state index contributed by atoms with van der Waals surface area (Å²) in [6, 6.07) is 6.37. The van der Waals surface area contributed by atoms with Crippen LogP contribution in [0.4, 0.5) is 17.6 Å². The number of aromatic amines is 1. The molecule has 1 aliphatic rings. The molecule has 0 aliphatic heterocycles. The number of alkyl halides is 4. The van der Waals surface area contributed by atoms with Crippen molar-refractivity contribution in [2.75, 3.05) is 13.7 Å². The van der Waals surface area contributed by atoms with E-state index in [1.54, 1.807) is 24.3 Å². The molecular formula is C19H26F4N2O7. The Kier molecular flexibility index (Phi) is 9.41. The number of nitrogens with one attached hydrogen (secondary N) is 1. The standard InChI is InChI=1S/C19H22F4N2O5.2H2O/c1-29-11-4-2-9(3-5-11)6-12-17(19(21,22)23)24-25-18(12)30-13-7-10(8-26)14(20)16(28)15(13)27;;/h2-5,10,13-16,26-28H,6-8H2,1H3,(H,24,25);2*1H2/t10-,13-,14-,15+,16+;;/m1../s1. The highest BCUT2D eigenvalue weighted by molar-refractivity contribution is 5.39. The lowest BCUT2D eigenvalue weighted by Gasteiger charge is -2.38. The van der Waals surface area contributed by atoms with Gasteiger partial charge in [0.15, 0.2) is 0 Å². The number of rotatable bonds is 6. The third kappa shape index (κ3) is 5.66. The molecule has 2 aromatic rings. The van der Waals surface area contributed by atoms with Crippen LogP contribution in [0.15, 0.2) is 24.3 Å². The van der Waals surface area contributed by atoms with E-state index in [1.165, 1.54) is 7.11 Å². The Morgan fingerprint density at radius 2 is 1.75 bits per heavy atom. The lowest BCUT2D eigenvalue weighted by Crippen LogP contribution is -2.54. The molecule has 32 heavy (non-hydrogen) atoms. The van der Waals surface area contributed by atoms with Crippen molar-refractivity contribution in [1.29, 1.82) is 0 Å². The van der Waals surface area contributed by atoms with Gasteiger partial charge in [-0.15, -0.1) is 5.10 Å². The van der Waals surface area contributed by atoms with Gasteiger partial charge >= 0.3 is 6.18 Å². The highest BCUT2D eigenvalue weighted by atomic mass is 19.4. The van der Waals surface area contributed by atoms with Gasteiger partial charge in [0.1, 0.15) is 35.9 Å². The fraction of sp³-hybridized carbons (Fsp3) is 0.526. The maximum Gasteiger partial charge on any atom is 0.433 e. The number of aromatic nitrogens is 2. The van der Waals surface area contributed by atoms with Crippen molar-refractivity contribution in [2.45, 2.75) is 43.5 Å². The molecule has 13 heteroatoms. The number of halogens is 4. The molecule has 1 heterocycles. The molecule has 0 spiro atoms. The van der Waals surface area contributed by atoms with Crippen molar-refractivity contribution >= 4 is 0 Å². The fourth-order valence-electron chi connectivity index (χ4n) is 3.48. The van der Waals surface area contributed by atoms with Crippen LogP contribution in [0.2, 0.25) is 0 Å². The molecule has 9 nitrogen and oxygen atoms in total. The minimum absolute atomic E-state index is 0. The Hall–Kier alpha value is -2.45. The Morgan fingerprint density at radius 3 is 2.28 bits per heavy atom. The highest BCUT2D eigenvalue weighted by Gasteiger charge is 2.46. The average molecular weight is 470 g/mol. The zero-order valence-electron chi connectivity index (χ0n) is 16.9. The van der Waals surface area contributed by atoms with E-state index in [0.29, 0.717) is 11.3 Å². The molecule has 0 radical (unpaired) electrons. The molecular weight excluding hydrogens is 444 g/mol. The second-order valence-electron chi connectivity index (χ2n) is 7.17. The molecule has 1 fully saturated rings. The summed E-state index contributed by atoms with van der Waals surface area (Å²) in [4.78, 5) is 0. The third-order valence-electron chi connectivity index (χ3n) is 5.19. The molecule has 182 valence electrons. The number of aliphatic hydroxyl groups is 3. The summed E-state index contributed by atoms with van der Waals surface area (Å²) < 4.78 is 64.9. The molecule has 1 aliphatic carbocycles. The largest absolute Gasteiger partial charge is 0.497 e. The van der Waals surface area contributed by atoms with Crippen LogP contribution in [0.25, 0.3) is 0 Å². The van der Waals surface area contributed by atoms with Gasteiger partial charge in [-0.3, -0.25) is 5.10 Å². The first kappa shape index (κ1) is 27.6. The number of H-pyrrole nitrogens is 1. The van der Waals surface area contributed by atoms with Gasteiger partial charge in [0.05, 0.1) is 12.7 Å². The number of hydrogen-bond donors (Lipinski definition) is 4. The minimum Gasteiger partial charge on any atom is -0.497 e. The number of hydrogen-bond acceptors (Lipinski definition) is 6. The van der Waals surface area contributed by atoms with Crippen molar-refractivity contribution in [1.82, 2.24) is 10.2 Å². The van der Waals surface area contributed by atoms with Crippen molar-refractivity contribution < 1.29 is 53.3 Å². The Bertz CT molecular complexity index is 845. The zero-order chi connectivity index (χ0) is 22.1. The Labute approximate surface area is 180 Å². The van der Waals surface area contributed by atoms with Gasteiger partial charge in [-0.2, -0.15) is 13.2 Å². The quantitative estimate of drug-likeness (QED) is 0.439. The van der Waals surface area contributed by atoms with E-state index in [2.05, 4.69) is 5.10 Å². The van der Waals surface area contributed by atoms with Gasteiger partial charge in [0.25, 0.3) is 0 Å². The Morgan fingerprint density at radius 1 is 1.12 bits per heavy atom. The molecule has 0 saturated heterocycles. The molecule has 3 rings (SSSR count). The fourth-order valence-corrected chi connectivity index (χ4v) is 3.48. The van der Waals surface area contributed by atoms with Crippen molar-refractivity contribution in [3.05, 3.63) is 41.1 Å². The van der Waals surface area contributed by atoms with Gasteiger partial charge in [-0.25, -0.2) is 4.39 Å². The average Bonchev–Trinajstić information content (AvgIpc) is 3.11. The number of aliphatic hydroxyl groups excluding tert-OH is 3. The summed E-state index contributed by atoms with van der Waals surface area (Å²) in [5.74, 6) is -0.906. The monoisotopic (exact) mass is 470 g/mol. The SMILES string of the molecule is COc1ccc(Cc2c(O[C@@H]3C[C@H](CO)[C@@H](F)[C@H](O)[C@H]3O)n[nH]c2C(F)(F)F)cc1.O.O. The predicted octanol–water partition coefficient (Wildman–Crippen LogP) is 0.198. The van der Waals surface area contributed by atoms with E-state index in [1.807, 2.05) is 5.10 Å². The van der Waals surface area contributed by atoms with Gasteiger partial charge < -0.3 is 35.7 Å². The molecule has 8 N–H and O–H groups in total. The number of ether oxygens (including phenoxy) is 2. The van der Waals surface area contributed by atoms with E-state index < -0.39 is 54.8 Å². The van der Waals surface area contributed by atoms with E-state index in [9.17, 15) is 32.9 Å². The van der Waals surface area contributed by atoms with Gasteiger partial charge in [0, 0.05) is 18.9 Å². The van der Waals surface area contributed by atoms with Crippen LogP contribution in [0.3, 0.4) is 0 Å². The van der Waals surface area contributed by atoms with Crippen LogP contribution in [0.5, 0.6) is 11.6 Å². The molecule has 0 bridgehead atoms. The predicted molar refractivity (Wildman–Crippen MR) is 103 cm³/mol. The highest BCUT2D eigenvalue weighted by Crippen LogP contribution is 2.37. The first-order valence-corrected chi connectivity index (χ1v) is 9.20. The summed E-state index contributed by atoms with van der Waals surface area (Å²) in [7, 11) is 1.46. The van der Waals surface area contributed by atoms with Crippen molar-refractivity contribution in [3.8, 4) is 11.6 Å². The molecule has 1 aromatic heterocycles. The van der Waals surface area contributed by atoms with E-state index in [-0.39, 0.29) is 29.4 Å². The maximum absolute atomic E-state index is 14.0.